The van der Waals surface area contributed by atoms with Crippen LogP contribution in [0, 0.1) is 0 Å². The lowest BCUT2D eigenvalue weighted by Crippen LogP contribution is -2.19. The summed E-state index contributed by atoms with van der Waals surface area (Å²) in [7, 11) is 3.15. The van der Waals surface area contributed by atoms with Gasteiger partial charge < -0.3 is 20.1 Å². The first-order chi connectivity index (χ1) is 11.2. The van der Waals surface area contributed by atoms with Crippen molar-refractivity contribution in [1.29, 1.82) is 0 Å². The second kappa shape index (κ2) is 7.93. The van der Waals surface area contributed by atoms with Gasteiger partial charge >= 0.3 is 0 Å². The highest BCUT2D eigenvalue weighted by atomic mass is 35.5. The first-order valence-corrected chi connectivity index (χ1v) is 7.62. The molecule has 0 radical (unpaired) electrons. The first kappa shape index (κ1) is 17.9. The van der Waals surface area contributed by atoms with Gasteiger partial charge in [0.25, 0.3) is 5.91 Å². The topological polar surface area (TPSA) is 59.6 Å². The Hall–Kier alpha value is -2.40. The molecule has 3 rings (SSSR count). The smallest absolute Gasteiger partial charge is 0.256 e. The van der Waals surface area contributed by atoms with Gasteiger partial charge in [-0.05, 0) is 42.7 Å². The lowest BCUT2D eigenvalue weighted by atomic mass is 9.97. The Balaban J connectivity index is 0.00000208. The van der Waals surface area contributed by atoms with Crippen LogP contribution in [0.5, 0.6) is 11.5 Å². The minimum atomic E-state index is -0.113. The van der Waals surface area contributed by atoms with E-state index in [4.69, 9.17) is 9.47 Å². The third-order valence-corrected chi connectivity index (χ3v) is 3.98. The Morgan fingerprint density at radius 2 is 1.92 bits per heavy atom. The standard InChI is InChI=1S/C18H20N2O3.ClH/c1-22-16-9-8-12(11-17(16)23-2)20-18(21)14-5-3-7-15-13(14)6-4-10-19-15;/h3,5,7-9,11,19H,4,6,10H2,1-2H3,(H,20,21);1H. The Kier molecular flexibility index (Phi) is 5.93. The molecule has 5 nitrogen and oxygen atoms in total. The van der Waals surface area contributed by atoms with Crippen molar-refractivity contribution < 1.29 is 14.3 Å². The molecule has 1 aliphatic rings. The van der Waals surface area contributed by atoms with E-state index in [1.165, 1.54) is 0 Å². The summed E-state index contributed by atoms with van der Waals surface area (Å²) < 4.78 is 10.5. The number of benzene rings is 2. The molecular weight excluding hydrogens is 328 g/mol. The van der Waals surface area contributed by atoms with Crippen molar-refractivity contribution in [3.05, 3.63) is 47.5 Å². The van der Waals surface area contributed by atoms with E-state index >= 15 is 0 Å². The molecule has 2 N–H and O–H groups in total. The third kappa shape index (κ3) is 3.57. The normalized spacial score (nSPS) is 12.2. The van der Waals surface area contributed by atoms with Gasteiger partial charge in [-0.25, -0.2) is 0 Å². The van der Waals surface area contributed by atoms with Crippen molar-refractivity contribution in [2.24, 2.45) is 0 Å². The second-order valence-electron chi connectivity index (χ2n) is 5.39. The Morgan fingerprint density at radius 3 is 2.67 bits per heavy atom. The van der Waals surface area contributed by atoms with Gasteiger partial charge in [-0.15, -0.1) is 12.4 Å². The molecule has 6 heteroatoms. The van der Waals surface area contributed by atoms with E-state index in [9.17, 15) is 4.79 Å². The highest BCUT2D eigenvalue weighted by Gasteiger charge is 2.17. The van der Waals surface area contributed by atoms with Crippen LogP contribution >= 0.6 is 12.4 Å². The zero-order chi connectivity index (χ0) is 16.2. The van der Waals surface area contributed by atoms with E-state index in [0.29, 0.717) is 22.7 Å². The maximum Gasteiger partial charge on any atom is 0.256 e. The van der Waals surface area contributed by atoms with Crippen LogP contribution in [0.25, 0.3) is 0 Å². The van der Waals surface area contributed by atoms with Crippen molar-refractivity contribution in [2.75, 3.05) is 31.4 Å². The van der Waals surface area contributed by atoms with Crippen LogP contribution < -0.4 is 20.1 Å². The minimum absolute atomic E-state index is 0. The van der Waals surface area contributed by atoms with Crippen LogP contribution in [0.3, 0.4) is 0 Å². The van der Waals surface area contributed by atoms with Gasteiger partial charge in [-0.2, -0.15) is 0 Å². The Bertz CT molecular complexity index is 734. The zero-order valence-corrected chi connectivity index (χ0v) is 14.5. The lowest BCUT2D eigenvalue weighted by molar-refractivity contribution is 0.102. The maximum absolute atomic E-state index is 12.6. The summed E-state index contributed by atoms with van der Waals surface area (Å²) in [5.74, 6) is 1.10. The summed E-state index contributed by atoms with van der Waals surface area (Å²) >= 11 is 0. The van der Waals surface area contributed by atoms with E-state index in [1.54, 1.807) is 32.4 Å². The number of carbonyl (C=O) groups is 1. The molecule has 1 amide bonds. The summed E-state index contributed by atoms with van der Waals surface area (Å²) in [4.78, 5) is 12.6. The van der Waals surface area contributed by atoms with E-state index in [0.717, 1.165) is 30.6 Å². The molecular formula is C18H21ClN2O3. The summed E-state index contributed by atoms with van der Waals surface area (Å²) in [5.41, 5.74) is 3.52. The lowest BCUT2D eigenvalue weighted by Gasteiger charge is -2.20. The van der Waals surface area contributed by atoms with Crippen molar-refractivity contribution in [3.63, 3.8) is 0 Å². The molecule has 1 aliphatic heterocycles. The molecule has 24 heavy (non-hydrogen) atoms. The molecule has 0 saturated carbocycles. The summed E-state index contributed by atoms with van der Waals surface area (Å²) in [6.07, 6.45) is 1.95. The number of ether oxygens (including phenoxy) is 2. The summed E-state index contributed by atoms with van der Waals surface area (Å²) in [5, 5.41) is 6.27. The highest BCUT2D eigenvalue weighted by molar-refractivity contribution is 6.06. The molecule has 1 heterocycles. The molecule has 0 spiro atoms. The Labute approximate surface area is 147 Å². The van der Waals surface area contributed by atoms with E-state index in [-0.39, 0.29) is 18.3 Å². The molecule has 0 unspecified atom stereocenters. The maximum atomic E-state index is 12.6. The fourth-order valence-electron chi connectivity index (χ4n) is 2.84. The van der Waals surface area contributed by atoms with Gasteiger partial charge in [0.05, 0.1) is 14.2 Å². The van der Waals surface area contributed by atoms with Crippen LogP contribution in [0.4, 0.5) is 11.4 Å². The number of rotatable bonds is 4. The number of amides is 1. The van der Waals surface area contributed by atoms with Gasteiger partial charge in [0, 0.05) is 29.5 Å². The monoisotopic (exact) mass is 348 g/mol. The number of methoxy groups -OCH3 is 2. The van der Waals surface area contributed by atoms with Crippen molar-refractivity contribution in [2.45, 2.75) is 12.8 Å². The number of nitrogens with one attached hydrogen (secondary N) is 2. The molecule has 0 fully saturated rings. The fraction of sp³-hybridized carbons (Fsp3) is 0.278. The number of anilines is 2. The van der Waals surface area contributed by atoms with Gasteiger partial charge in [-0.1, -0.05) is 6.07 Å². The average Bonchev–Trinajstić information content (AvgIpc) is 2.61. The minimum Gasteiger partial charge on any atom is -0.493 e. The van der Waals surface area contributed by atoms with Crippen LogP contribution in [0.2, 0.25) is 0 Å². The summed E-state index contributed by atoms with van der Waals surface area (Å²) in [6.45, 7) is 0.952. The molecule has 2 aromatic rings. The first-order valence-electron chi connectivity index (χ1n) is 7.62. The molecule has 128 valence electrons. The molecule has 0 bridgehead atoms. The number of carbonyl (C=O) groups excluding carboxylic acids is 1. The molecule has 0 saturated heterocycles. The fourth-order valence-corrected chi connectivity index (χ4v) is 2.84. The third-order valence-electron chi connectivity index (χ3n) is 3.98. The van der Waals surface area contributed by atoms with Gasteiger partial charge in [0.1, 0.15) is 0 Å². The van der Waals surface area contributed by atoms with Gasteiger partial charge in [0.2, 0.25) is 0 Å². The summed E-state index contributed by atoms with van der Waals surface area (Å²) in [6, 6.07) is 11.1. The molecule has 2 aromatic carbocycles. The average molecular weight is 349 g/mol. The van der Waals surface area contributed by atoms with Crippen molar-refractivity contribution in [1.82, 2.24) is 0 Å². The van der Waals surface area contributed by atoms with E-state index in [1.807, 2.05) is 18.2 Å². The van der Waals surface area contributed by atoms with Crippen LogP contribution in [0.15, 0.2) is 36.4 Å². The van der Waals surface area contributed by atoms with Crippen LogP contribution in [-0.4, -0.2) is 26.7 Å². The SMILES string of the molecule is COc1ccc(NC(=O)c2cccc3c2CCCN3)cc1OC.Cl. The van der Waals surface area contributed by atoms with E-state index < -0.39 is 0 Å². The molecule has 0 aliphatic carbocycles. The van der Waals surface area contributed by atoms with Crippen molar-refractivity contribution in [3.8, 4) is 11.5 Å². The predicted molar refractivity (Wildman–Crippen MR) is 98.0 cm³/mol. The largest absolute Gasteiger partial charge is 0.493 e. The molecule has 0 aromatic heterocycles. The number of fused-ring (bicyclic) bond motifs is 1. The number of hydrogen-bond donors (Lipinski definition) is 2. The van der Waals surface area contributed by atoms with Crippen LogP contribution in [0.1, 0.15) is 22.3 Å². The van der Waals surface area contributed by atoms with Crippen LogP contribution in [-0.2, 0) is 6.42 Å². The van der Waals surface area contributed by atoms with E-state index in [2.05, 4.69) is 10.6 Å². The molecule has 0 atom stereocenters. The zero-order valence-electron chi connectivity index (χ0n) is 13.7. The van der Waals surface area contributed by atoms with Gasteiger partial charge in [-0.3, -0.25) is 4.79 Å². The Morgan fingerprint density at radius 1 is 1.12 bits per heavy atom. The second-order valence-corrected chi connectivity index (χ2v) is 5.39. The number of halogens is 1. The highest BCUT2D eigenvalue weighted by Crippen LogP contribution is 2.31. The number of hydrogen-bond acceptors (Lipinski definition) is 4. The van der Waals surface area contributed by atoms with Gasteiger partial charge in [0.15, 0.2) is 11.5 Å². The van der Waals surface area contributed by atoms with Crippen molar-refractivity contribution >= 4 is 29.7 Å². The quantitative estimate of drug-likeness (QED) is 0.883. The predicted octanol–water partition coefficient (Wildman–Crippen LogP) is 3.74.